The second-order valence-electron chi connectivity index (χ2n) is 1.74. The van der Waals surface area contributed by atoms with Gasteiger partial charge in [0, 0.05) is 6.72 Å². The molecule has 0 atom stereocenters. The first kappa shape index (κ1) is 8.08. The fourth-order valence-corrected chi connectivity index (χ4v) is 0.507. The Hall–Kier alpha value is -0.920. The van der Waals surface area contributed by atoms with Gasteiger partial charge in [0.05, 0.1) is 6.21 Å². The molecule has 0 spiro atoms. The van der Waals surface area contributed by atoms with E-state index in [9.17, 15) is 0 Å². The van der Waals surface area contributed by atoms with Gasteiger partial charge in [-0.15, -0.1) is 0 Å². The Labute approximate surface area is 56.0 Å². The molecule has 50 valence electrons. The van der Waals surface area contributed by atoms with Crippen molar-refractivity contribution in [2.75, 3.05) is 0 Å². The first-order valence-corrected chi connectivity index (χ1v) is 2.97. The Morgan fingerprint density at radius 3 is 2.78 bits per heavy atom. The zero-order valence-electron chi connectivity index (χ0n) is 5.96. The molecule has 0 aromatic heterocycles. The number of allylic oxidation sites excluding steroid dienone is 2. The minimum atomic E-state index is 1.04. The van der Waals surface area contributed by atoms with Gasteiger partial charge >= 0.3 is 0 Å². The standard InChI is InChI=1S/C7H12N2/c1-4-5-7(2)6-9-8-3/h5-6H,3-4H2,1-2H3/b7-5?,9-6+. The van der Waals surface area contributed by atoms with E-state index in [4.69, 9.17) is 0 Å². The van der Waals surface area contributed by atoms with Crippen molar-refractivity contribution in [1.29, 1.82) is 0 Å². The second-order valence-corrected chi connectivity index (χ2v) is 1.74. The Kier molecular flexibility index (Phi) is 4.69. The maximum atomic E-state index is 3.61. The highest BCUT2D eigenvalue weighted by Crippen LogP contribution is 1.89. The molecular formula is C7H12N2. The van der Waals surface area contributed by atoms with Crippen LogP contribution in [0.4, 0.5) is 0 Å². The van der Waals surface area contributed by atoms with Gasteiger partial charge in [0.2, 0.25) is 0 Å². The summed E-state index contributed by atoms with van der Waals surface area (Å²) in [5, 5.41) is 6.95. The summed E-state index contributed by atoms with van der Waals surface area (Å²) in [6.45, 7) is 7.28. The molecule has 0 bridgehead atoms. The smallest absolute Gasteiger partial charge is 0.0521 e. The van der Waals surface area contributed by atoms with Gasteiger partial charge in [0.15, 0.2) is 0 Å². The van der Waals surface area contributed by atoms with Crippen LogP contribution < -0.4 is 0 Å². The maximum absolute atomic E-state index is 3.61. The zero-order chi connectivity index (χ0) is 7.11. The monoisotopic (exact) mass is 124 g/mol. The third kappa shape index (κ3) is 4.94. The summed E-state index contributed by atoms with van der Waals surface area (Å²) in [6, 6.07) is 0. The summed E-state index contributed by atoms with van der Waals surface area (Å²) in [5.74, 6) is 0. The predicted octanol–water partition coefficient (Wildman–Crippen LogP) is 2.03. The zero-order valence-corrected chi connectivity index (χ0v) is 5.96. The van der Waals surface area contributed by atoms with Crippen molar-refractivity contribution in [1.82, 2.24) is 0 Å². The number of hydrogen-bond donors (Lipinski definition) is 0. The summed E-state index contributed by atoms with van der Waals surface area (Å²) in [6.07, 6.45) is 4.81. The molecule has 9 heavy (non-hydrogen) atoms. The average Bonchev–Trinajstić information content (AvgIpc) is 1.85. The van der Waals surface area contributed by atoms with E-state index in [0.29, 0.717) is 0 Å². The highest BCUT2D eigenvalue weighted by Gasteiger charge is 1.76. The molecule has 2 heteroatoms. The first-order valence-electron chi connectivity index (χ1n) is 2.97. The van der Waals surface area contributed by atoms with Crippen molar-refractivity contribution in [3.05, 3.63) is 11.6 Å². The molecule has 0 unspecified atom stereocenters. The van der Waals surface area contributed by atoms with Gasteiger partial charge in [0.1, 0.15) is 0 Å². The third-order valence-corrected chi connectivity index (χ3v) is 0.869. The Morgan fingerprint density at radius 2 is 2.33 bits per heavy atom. The van der Waals surface area contributed by atoms with Crippen molar-refractivity contribution in [3.63, 3.8) is 0 Å². The second kappa shape index (κ2) is 5.22. The molecule has 0 N–H and O–H groups in total. The van der Waals surface area contributed by atoms with Crippen LogP contribution in [0.15, 0.2) is 21.9 Å². The van der Waals surface area contributed by atoms with E-state index >= 15 is 0 Å². The fourth-order valence-electron chi connectivity index (χ4n) is 0.507. The van der Waals surface area contributed by atoms with Crippen molar-refractivity contribution < 1.29 is 0 Å². The van der Waals surface area contributed by atoms with E-state index in [1.54, 1.807) is 6.21 Å². The van der Waals surface area contributed by atoms with E-state index in [1.807, 2.05) is 6.92 Å². The quantitative estimate of drug-likeness (QED) is 0.406. The van der Waals surface area contributed by atoms with Gasteiger partial charge in [0.25, 0.3) is 0 Å². The van der Waals surface area contributed by atoms with Crippen LogP contribution in [0.2, 0.25) is 0 Å². The van der Waals surface area contributed by atoms with Gasteiger partial charge in [-0.3, -0.25) is 0 Å². The van der Waals surface area contributed by atoms with Crippen molar-refractivity contribution in [2.45, 2.75) is 20.3 Å². The maximum Gasteiger partial charge on any atom is 0.0521 e. The minimum Gasteiger partial charge on any atom is -0.167 e. The lowest BCUT2D eigenvalue weighted by molar-refractivity contribution is 1.20. The molecule has 0 amide bonds. The summed E-state index contributed by atoms with van der Waals surface area (Å²) < 4.78 is 0. The van der Waals surface area contributed by atoms with Crippen molar-refractivity contribution in [3.8, 4) is 0 Å². The van der Waals surface area contributed by atoms with E-state index in [1.165, 1.54) is 0 Å². The molecule has 0 aliphatic rings. The van der Waals surface area contributed by atoms with Crippen molar-refractivity contribution in [2.24, 2.45) is 10.2 Å². The molecule has 0 fully saturated rings. The largest absolute Gasteiger partial charge is 0.167 e. The van der Waals surface area contributed by atoms with Crippen LogP contribution in [0.3, 0.4) is 0 Å². The van der Waals surface area contributed by atoms with Crippen LogP contribution in [-0.2, 0) is 0 Å². The Bertz CT molecular complexity index is 134. The van der Waals surface area contributed by atoms with Crippen LogP contribution in [0.5, 0.6) is 0 Å². The first-order chi connectivity index (χ1) is 4.31. The van der Waals surface area contributed by atoms with Gasteiger partial charge in [-0.25, -0.2) is 0 Å². The molecule has 0 aliphatic heterocycles. The van der Waals surface area contributed by atoms with Crippen LogP contribution >= 0.6 is 0 Å². The molecule has 0 heterocycles. The Morgan fingerprint density at radius 1 is 1.67 bits per heavy atom. The molecule has 2 nitrogen and oxygen atoms in total. The number of nitrogens with zero attached hydrogens (tertiary/aromatic N) is 2. The molecule has 0 saturated carbocycles. The van der Waals surface area contributed by atoms with Gasteiger partial charge in [-0.2, -0.15) is 10.2 Å². The lowest BCUT2D eigenvalue weighted by Gasteiger charge is -1.84. The lowest BCUT2D eigenvalue weighted by Crippen LogP contribution is -1.74. The fraction of sp³-hybridized carbons (Fsp3) is 0.429. The van der Waals surface area contributed by atoms with Crippen LogP contribution in [0.1, 0.15) is 20.3 Å². The molecule has 0 aliphatic carbocycles. The lowest BCUT2D eigenvalue weighted by atomic mass is 10.3. The van der Waals surface area contributed by atoms with Crippen molar-refractivity contribution >= 4 is 12.9 Å². The molecule has 0 radical (unpaired) electrons. The highest BCUT2D eigenvalue weighted by atomic mass is 15.2. The van der Waals surface area contributed by atoms with Crippen LogP contribution in [0.25, 0.3) is 0 Å². The van der Waals surface area contributed by atoms with E-state index < -0.39 is 0 Å². The molecule has 0 rings (SSSR count). The SMILES string of the molecule is C=N/N=C/C(C)=CCC. The minimum absolute atomic E-state index is 1.04. The molecule has 0 saturated heterocycles. The summed E-state index contributed by atoms with van der Waals surface area (Å²) in [5.41, 5.74) is 1.13. The third-order valence-electron chi connectivity index (χ3n) is 0.869. The normalized spacial score (nSPS) is 12.4. The molecule has 0 aromatic carbocycles. The average molecular weight is 124 g/mol. The number of hydrogen-bond acceptors (Lipinski definition) is 2. The van der Waals surface area contributed by atoms with Crippen LogP contribution in [0, 0.1) is 0 Å². The molecular weight excluding hydrogens is 112 g/mol. The van der Waals surface area contributed by atoms with E-state index in [0.717, 1.165) is 12.0 Å². The van der Waals surface area contributed by atoms with Gasteiger partial charge in [-0.1, -0.05) is 13.0 Å². The van der Waals surface area contributed by atoms with Crippen LogP contribution in [-0.4, -0.2) is 12.9 Å². The predicted molar refractivity (Wildman–Crippen MR) is 42.1 cm³/mol. The van der Waals surface area contributed by atoms with E-state index in [2.05, 4.69) is 29.9 Å². The topological polar surface area (TPSA) is 24.7 Å². The molecule has 0 aromatic rings. The highest BCUT2D eigenvalue weighted by molar-refractivity contribution is 5.77. The summed E-state index contributed by atoms with van der Waals surface area (Å²) in [7, 11) is 0. The summed E-state index contributed by atoms with van der Waals surface area (Å²) >= 11 is 0. The van der Waals surface area contributed by atoms with Gasteiger partial charge in [-0.05, 0) is 18.9 Å². The summed E-state index contributed by atoms with van der Waals surface area (Å²) in [4.78, 5) is 0. The van der Waals surface area contributed by atoms with Gasteiger partial charge < -0.3 is 0 Å². The van der Waals surface area contributed by atoms with E-state index in [-0.39, 0.29) is 0 Å². The Balaban J connectivity index is 3.74. The number of rotatable bonds is 3.